The van der Waals surface area contributed by atoms with E-state index in [9.17, 15) is 13.2 Å². The van der Waals surface area contributed by atoms with Crippen molar-refractivity contribution < 1.29 is 22.6 Å². The van der Waals surface area contributed by atoms with Crippen molar-refractivity contribution in [3.63, 3.8) is 0 Å². The first-order valence-corrected chi connectivity index (χ1v) is 12.9. The molecule has 1 saturated carbocycles. The fourth-order valence-corrected chi connectivity index (χ4v) is 6.13. The summed E-state index contributed by atoms with van der Waals surface area (Å²) < 4.78 is 53.3. The summed E-state index contributed by atoms with van der Waals surface area (Å²) in [5, 5.41) is 3.91. The van der Waals surface area contributed by atoms with Crippen molar-refractivity contribution in [1.82, 2.24) is 5.32 Å². The van der Waals surface area contributed by atoms with E-state index in [1.807, 2.05) is 26.0 Å². The lowest BCUT2D eigenvalue weighted by molar-refractivity contribution is -0.137. The third-order valence-corrected chi connectivity index (χ3v) is 7.72. The Bertz CT molecular complexity index is 1090. The van der Waals surface area contributed by atoms with Crippen molar-refractivity contribution >= 4 is 0 Å². The van der Waals surface area contributed by atoms with Gasteiger partial charge in [-0.05, 0) is 64.7 Å². The van der Waals surface area contributed by atoms with Crippen molar-refractivity contribution in [2.75, 3.05) is 0 Å². The molecule has 190 valence electrons. The molecule has 0 aromatic heterocycles. The van der Waals surface area contributed by atoms with Gasteiger partial charge in [0.05, 0.1) is 5.56 Å². The number of nitrogens with one attached hydrogen (secondary N) is 1. The molecule has 6 heteroatoms. The molecule has 0 amide bonds. The summed E-state index contributed by atoms with van der Waals surface area (Å²) in [5.74, 6) is 1.33. The normalized spacial score (nSPS) is 25.7. The van der Waals surface area contributed by atoms with Gasteiger partial charge in [0.1, 0.15) is 22.7 Å². The topological polar surface area (TPSA) is 30.5 Å². The van der Waals surface area contributed by atoms with Gasteiger partial charge < -0.3 is 14.8 Å². The van der Waals surface area contributed by atoms with Crippen molar-refractivity contribution in [3.8, 4) is 11.5 Å². The van der Waals surface area contributed by atoms with E-state index in [4.69, 9.17) is 9.47 Å². The van der Waals surface area contributed by atoms with Crippen LogP contribution in [0.4, 0.5) is 13.2 Å². The van der Waals surface area contributed by atoms with Gasteiger partial charge >= 0.3 is 6.18 Å². The Labute approximate surface area is 206 Å². The third-order valence-electron chi connectivity index (χ3n) is 7.72. The Morgan fingerprint density at radius 3 is 2.17 bits per heavy atom. The zero-order valence-corrected chi connectivity index (χ0v) is 21.1. The fraction of sp³-hybridized carbons (Fsp3) is 0.586. The van der Waals surface area contributed by atoms with Crippen LogP contribution >= 0.6 is 0 Å². The van der Waals surface area contributed by atoms with Crippen LogP contribution in [0.5, 0.6) is 11.5 Å². The van der Waals surface area contributed by atoms with Crippen LogP contribution in [0.3, 0.4) is 0 Å². The van der Waals surface area contributed by atoms with E-state index < -0.39 is 17.3 Å². The molecule has 2 aromatic rings. The van der Waals surface area contributed by atoms with Gasteiger partial charge in [0.25, 0.3) is 0 Å². The Morgan fingerprint density at radius 1 is 0.829 bits per heavy atom. The van der Waals surface area contributed by atoms with Gasteiger partial charge in [-0.3, -0.25) is 0 Å². The first-order valence-electron chi connectivity index (χ1n) is 12.9. The quantitative estimate of drug-likeness (QED) is 0.477. The predicted octanol–water partition coefficient (Wildman–Crippen LogP) is 7.92. The van der Waals surface area contributed by atoms with E-state index in [-0.39, 0.29) is 17.6 Å². The summed E-state index contributed by atoms with van der Waals surface area (Å²) in [6.45, 7) is 8.21. The third kappa shape index (κ3) is 5.18. The van der Waals surface area contributed by atoms with E-state index in [1.54, 1.807) is 0 Å². The fourth-order valence-electron chi connectivity index (χ4n) is 6.13. The molecule has 0 radical (unpaired) electrons. The summed E-state index contributed by atoms with van der Waals surface area (Å²) >= 11 is 0. The molecule has 5 rings (SSSR count). The maximum absolute atomic E-state index is 13.5. The molecule has 2 aliphatic heterocycles. The number of hydrogen-bond donors (Lipinski definition) is 1. The first-order chi connectivity index (χ1) is 16.4. The van der Waals surface area contributed by atoms with Crippen LogP contribution < -0.4 is 14.8 Å². The lowest BCUT2D eigenvalue weighted by atomic mass is 9.77. The molecule has 2 atom stereocenters. The van der Waals surface area contributed by atoms with Crippen molar-refractivity contribution in [2.45, 2.75) is 108 Å². The van der Waals surface area contributed by atoms with Gasteiger partial charge in [-0.15, -0.1) is 0 Å². The molecule has 0 bridgehead atoms. The summed E-state index contributed by atoms with van der Waals surface area (Å²) in [6.07, 6.45) is 3.24. The highest BCUT2D eigenvalue weighted by Gasteiger charge is 2.41. The summed E-state index contributed by atoms with van der Waals surface area (Å²) in [7, 11) is 0. The van der Waals surface area contributed by atoms with Crippen LogP contribution in [0, 0.1) is 0 Å². The minimum atomic E-state index is -4.37. The van der Waals surface area contributed by atoms with Gasteiger partial charge in [-0.1, -0.05) is 37.5 Å². The van der Waals surface area contributed by atoms with Crippen LogP contribution in [-0.4, -0.2) is 17.2 Å². The van der Waals surface area contributed by atoms with Crippen LogP contribution in [0.25, 0.3) is 0 Å². The highest BCUT2D eigenvalue weighted by atomic mass is 19.4. The lowest BCUT2D eigenvalue weighted by Gasteiger charge is -2.43. The molecule has 0 spiro atoms. The second kappa shape index (κ2) is 8.72. The zero-order chi connectivity index (χ0) is 25.0. The number of halogens is 3. The molecule has 3 aliphatic rings. The molecule has 2 unspecified atom stereocenters. The molecule has 1 aliphatic carbocycles. The Balaban J connectivity index is 1.57. The monoisotopic (exact) mass is 487 g/mol. The van der Waals surface area contributed by atoms with Gasteiger partial charge in [0.15, 0.2) is 0 Å². The van der Waals surface area contributed by atoms with Crippen molar-refractivity contribution in [2.24, 2.45) is 0 Å². The Hall–Kier alpha value is -2.21. The number of hydrogen-bond acceptors (Lipinski definition) is 3. The van der Waals surface area contributed by atoms with Gasteiger partial charge in [-0.25, -0.2) is 0 Å². The largest absolute Gasteiger partial charge is 0.487 e. The van der Waals surface area contributed by atoms with Crippen molar-refractivity contribution in [3.05, 3.63) is 58.7 Å². The second-order valence-electron chi connectivity index (χ2n) is 11.8. The van der Waals surface area contributed by atoms with Crippen LogP contribution in [0.2, 0.25) is 0 Å². The predicted molar refractivity (Wildman–Crippen MR) is 131 cm³/mol. The van der Waals surface area contributed by atoms with Gasteiger partial charge in [0.2, 0.25) is 0 Å². The number of benzene rings is 2. The first kappa shape index (κ1) is 24.5. The van der Waals surface area contributed by atoms with E-state index >= 15 is 0 Å². The zero-order valence-electron chi connectivity index (χ0n) is 21.1. The van der Waals surface area contributed by atoms with Gasteiger partial charge in [0, 0.05) is 41.6 Å². The molecule has 1 fully saturated rings. The summed E-state index contributed by atoms with van der Waals surface area (Å²) in [6, 6.07) is 10.5. The summed E-state index contributed by atoms with van der Waals surface area (Å²) in [5.41, 5.74) is 1.27. The van der Waals surface area contributed by atoms with E-state index in [0.717, 1.165) is 29.4 Å². The molecule has 2 heterocycles. The molecule has 2 aromatic carbocycles. The number of fused-ring (bicyclic) bond motifs is 2. The molecule has 35 heavy (non-hydrogen) atoms. The van der Waals surface area contributed by atoms with Crippen LogP contribution in [-0.2, 0) is 6.18 Å². The highest BCUT2D eigenvalue weighted by Crippen LogP contribution is 2.50. The Morgan fingerprint density at radius 2 is 1.49 bits per heavy atom. The second-order valence-corrected chi connectivity index (χ2v) is 11.8. The smallest absolute Gasteiger partial charge is 0.416 e. The van der Waals surface area contributed by atoms with Crippen LogP contribution in [0.1, 0.15) is 107 Å². The Kier molecular flexibility index (Phi) is 6.10. The maximum atomic E-state index is 13.5. The maximum Gasteiger partial charge on any atom is 0.416 e. The molecule has 0 saturated heterocycles. The minimum Gasteiger partial charge on any atom is -0.487 e. The number of ether oxygens (including phenoxy) is 2. The van der Waals surface area contributed by atoms with Crippen LogP contribution in [0.15, 0.2) is 36.4 Å². The molecular formula is C29H36F3NO2. The van der Waals surface area contributed by atoms with E-state index in [2.05, 4.69) is 25.2 Å². The number of alkyl halides is 3. The van der Waals surface area contributed by atoms with E-state index in [0.29, 0.717) is 23.8 Å². The number of rotatable bonds is 3. The highest BCUT2D eigenvalue weighted by molar-refractivity contribution is 5.54. The standard InChI is InChI=1S/C29H36F3NO2/c1-27(2)16-23(18-9-8-10-19(13-18)29(30,31)32)21-14-22-24(33-20-11-6-5-7-12-20)17-28(3,4)35-26(22)15-25(21)34-27/h8-10,13-15,20,23-24,33H,5-7,11-12,16-17H2,1-4H3. The summed E-state index contributed by atoms with van der Waals surface area (Å²) in [4.78, 5) is 0. The molecule has 1 N–H and O–H groups in total. The SMILES string of the molecule is CC1(C)CC(NC2CCCCC2)c2cc3c(cc2O1)OC(C)(C)CC3c1cccc(C(F)(F)F)c1. The van der Waals surface area contributed by atoms with Crippen molar-refractivity contribution in [1.29, 1.82) is 0 Å². The average molecular weight is 488 g/mol. The molecule has 3 nitrogen and oxygen atoms in total. The average Bonchev–Trinajstić information content (AvgIpc) is 2.76. The van der Waals surface area contributed by atoms with Gasteiger partial charge in [-0.2, -0.15) is 13.2 Å². The lowest BCUT2D eigenvalue weighted by Crippen LogP contribution is -2.43. The van der Waals surface area contributed by atoms with E-state index in [1.165, 1.54) is 44.2 Å². The molecular weight excluding hydrogens is 451 g/mol. The minimum absolute atomic E-state index is 0.138.